The van der Waals surface area contributed by atoms with Crippen LogP contribution in [-0.2, 0) is 0 Å². The third kappa shape index (κ3) is 2.28. The summed E-state index contributed by atoms with van der Waals surface area (Å²) in [5.74, 6) is 0.0206. The van der Waals surface area contributed by atoms with Crippen molar-refractivity contribution in [2.75, 3.05) is 11.5 Å². The predicted molar refractivity (Wildman–Crippen MR) is 74.2 cm³/mol. The average molecular weight is 247 g/mol. The first-order chi connectivity index (χ1) is 8.50. The van der Waals surface area contributed by atoms with Gasteiger partial charge in [-0.1, -0.05) is 0 Å². The van der Waals surface area contributed by atoms with Crippen LogP contribution >= 0.6 is 0 Å². The number of nitrogens with two attached hydrogens (primary N) is 2. The molecule has 18 heavy (non-hydrogen) atoms. The van der Waals surface area contributed by atoms with Gasteiger partial charge in [-0.3, -0.25) is 4.79 Å². The number of nitrogen functional groups attached to an aromatic ring is 2. The first kappa shape index (κ1) is 12.7. The molecule has 0 spiro atoms. The maximum atomic E-state index is 12.6. The highest BCUT2D eigenvalue weighted by atomic mass is 16.2. The van der Waals surface area contributed by atoms with E-state index < -0.39 is 0 Å². The molecule has 4 nitrogen and oxygen atoms in total. The third-order valence-electron chi connectivity index (χ3n) is 3.73. The molecule has 98 valence electrons. The number of benzene rings is 1. The van der Waals surface area contributed by atoms with Gasteiger partial charge in [0.25, 0.3) is 5.91 Å². The maximum absolute atomic E-state index is 12.6. The molecule has 0 saturated carbocycles. The molecule has 1 saturated heterocycles. The van der Waals surface area contributed by atoms with E-state index >= 15 is 0 Å². The molecule has 1 heterocycles. The Labute approximate surface area is 108 Å². The summed E-state index contributed by atoms with van der Waals surface area (Å²) in [6.45, 7) is 4.20. The van der Waals surface area contributed by atoms with Crippen LogP contribution in [0, 0.1) is 0 Å². The molecule has 4 heteroatoms. The van der Waals surface area contributed by atoms with Gasteiger partial charge < -0.3 is 16.4 Å². The van der Waals surface area contributed by atoms with Gasteiger partial charge in [0.1, 0.15) is 0 Å². The Morgan fingerprint density at radius 2 is 1.83 bits per heavy atom. The number of anilines is 2. The van der Waals surface area contributed by atoms with Crippen molar-refractivity contribution in [2.24, 2.45) is 0 Å². The highest BCUT2D eigenvalue weighted by Gasteiger charge is 2.30. The van der Waals surface area contributed by atoms with Gasteiger partial charge in [0.2, 0.25) is 0 Å². The second-order valence-electron chi connectivity index (χ2n) is 5.19. The van der Waals surface area contributed by atoms with E-state index in [9.17, 15) is 4.79 Å². The molecule has 2 rings (SSSR count). The van der Waals surface area contributed by atoms with Crippen LogP contribution < -0.4 is 11.5 Å². The smallest absolute Gasteiger partial charge is 0.256 e. The van der Waals surface area contributed by atoms with E-state index in [1.165, 1.54) is 6.42 Å². The van der Waals surface area contributed by atoms with Gasteiger partial charge in [0, 0.05) is 23.5 Å². The van der Waals surface area contributed by atoms with Gasteiger partial charge in [0.15, 0.2) is 0 Å². The predicted octanol–water partition coefficient (Wildman–Crippen LogP) is 2.25. The van der Waals surface area contributed by atoms with Gasteiger partial charge in [-0.15, -0.1) is 0 Å². The molecular weight excluding hydrogens is 226 g/mol. The van der Waals surface area contributed by atoms with Crippen molar-refractivity contribution in [2.45, 2.75) is 45.2 Å². The molecule has 1 aliphatic rings. The molecule has 0 unspecified atom stereocenters. The number of nitrogens with zero attached hydrogens (tertiary/aromatic N) is 1. The molecule has 1 amide bonds. The van der Waals surface area contributed by atoms with Gasteiger partial charge >= 0.3 is 0 Å². The van der Waals surface area contributed by atoms with Crippen molar-refractivity contribution in [1.82, 2.24) is 4.90 Å². The summed E-state index contributed by atoms with van der Waals surface area (Å²) >= 11 is 0. The zero-order chi connectivity index (χ0) is 13.3. The van der Waals surface area contributed by atoms with Crippen molar-refractivity contribution < 1.29 is 4.79 Å². The molecule has 1 aromatic carbocycles. The fraction of sp³-hybridized carbons (Fsp3) is 0.500. The van der Waals surface area contributed by atoms with Gasteiger partial charge in [-0.05, 0) is 51.3 Å². The van der Waals surface area contributed by atoms with Crippen LogP contribution in [0.2, 0.25) is 0 Å². The van der Waals surface area contributed by atoms with Crippen molar-refractivity contribution in [3.8, 4) is 0 Å². The van der Waals surface area contributed by atoms with Crippen molar-refractivity contribution >= 4 is 17.3 Å². The van der Waals surface area contributed by atoms with Crippen molar-refractivity contribution in [1.29, 1.82) is 0 Å². The van der Waals surface area contributed by atoms with Crippen LogP contribution in [0.15, 0.2) is 18.2 Å². The first-order valence-electron chi connectivity index (χ1n) is 6.48. The molecule has 2 atom stereocenters. The van der Waals surface area contributed by atoms with Crippen molar-refractivity contribution in [3.63, 3.8) is 0 Å². The summed E-state index contributed by atoms with van der Waals surface area (Å²) in [4.78, 5) is 14.5. The monoisotopic (exact) mass is 247 g/mol. The lowest BCUT2D eigenvalue weighted by atomic mass is 9.96. The Bertz CT molecular complexity index is 448. The van der Waals surface area contributed by atoms with Crippen LogP contribution in [0.25, 0.3) is 0 Å². The number of hydrogen-bond acceptors (Lipinski definition) is 3. The summed E-state index contributed by atoms with van der Waals surface area (Å²) < 4.78 is 0. The zero-order valence-corrected chi connectivity index (χ0v) is 11.0. The minimum atomic E-state index is 0.0206. The number of piperidine rings is 1. The molecule has 1 fully saturated rings. The van der Waals surface area contributed by atoms with Crippen LogP contribution in [0.4, 0.5) is 11.4 Å². The van der Waals surface area contributed by atoms with E-state index in [0.29, 0.717) is 16.9 Å². The molecule has 0 aliphatic carbocycles. The number of carbonyl (C=O) groups is 1. The standard InChI is InChI=1S/C14H21N3O/c1-9-4-3-5-10(2)17(9)14(18)12-7-6-11(15)8-13(12)16/h6-10H,3-5,15-16H2,1-2H3/t9-,10+. The normalized spacial score (nSPS) is 24.0. The molecule has 0 bridgehead atoms. The first-order valence-corrected chi connectivity index (χ1v) is 6.48. The highest BCUT2D eigenvalue weighted by molar-refractivity contribution is 6.00. The Balaban J connectivity index is 2.29. The fourth-order valence-corrected chi connectivity index (χ4v) is 2.74. The largest absolute Gasteiger partial charge is 0.399 e. The minimum Gasteiger partial charge on any atom is -0.399 e. The Kier molecular flexibility index (Phi) is 3.45. The van der Waals surface area contributed by atoms with Gasteiger partial charge in [-0.25, -0.2) is 0 Å². The number of carbonyl (C=O) groups excluding carboxylic acids is 1. The number of likely N-dealkylation sites (tertiary alicyclic amines) is 1. The summed E-state index contributed by atoms with van der Waals surface area (Å²) in [6.07, 6.45) is 3.30. The lowest BCUT2D eigenvalue weighted by Gasteiger charge is -2.39. The zero-order valence-electron chi connectivity index (χ0n) is 11.0. The second-order valence-corrected chi connectivity index (χ2v) is 5.19. The molecular formula is C14H21N3O. The third-order valence-corrected chi connectivity index (χ3v) is 3.73. The van der Waals surface area contributed by atoms with Crippen LogP contribution in [-0.4, -0.2) is 22.9 Å². The molecule has 4 N–H and O–H groups in total. The van der Waals surface area contributed by atoms with Gasteiger partial charge in [-0.2, -0.15) is 0 Å². The summed E-state index contributed by atoms with van der Waals surface area (Å²) in [6, 6.07) is 5.65. The van der Waals surface area contributed by atoms with Crippen LogP contribution in [0.1, 0.15) is 43.5 Å². The van der Waals surface area contributed by atoms with Crippen molar-refractivity contribution in [3.05, 3.63) is 23.8 Å². The lowest BCUT2D eigenvalue weighted by molar-refractivity contribution is 0.0512. The minimum absolute atomic E-state index is 0.0206. The Hall–Kier alpha value is -1.71. The fourth-order valence-electron chi connectivity index (χ4n) is 2.74. The average Bonchev–Trinajstić information content (AvgIpc) is 2.28. The SMILES string of the molecule is C[C@@H]1CCC[C@H](C)N1C(=O)c1ccc(N)cc1N. The molecule has 0 radical (unpaired) electrons. The highest BCUT2D eigenvalue weighted by Crippen LogP contribution is 2.26. The molecule has 0 aromatic heterocycles. The van der Waals surface area contributed by atoms with Gasteiger partial charge in [0.05, 0.1) is 5.56 Å². The topological polar surface area (TPSA) is 72.3 Å². The van der Waals surface area contributed by atoms with E-state index in [1.807, 2.05) is 4.90 Å². The van der Waals surface area contributed by atoms with E-state index in [0.717, 1.165) is 12.8 Å². The Morgan fingerprint density at radius 3 is 2.39 bits per heavy atom. The van der Waals surface area contributed by atoms with E-state index in [1.54, 1.807) is 18.2 Å². The van der Waals surface area contributed by atoms with E-state index in [4.69, 9.17) is 11.5 Å². The Morgan fingerprint density at radius 1 is 1.22 bits per heavy atom. The maximum Gasteiger partial charge on any atom is 0.256 e. The summed E-state index contributed by atoms with van der Waals surface area (Å²) in [5.41, 5.74) is 13.2. The lowest BCUT2D eigenvalue weighted by Crippen LogP contribution is -2.47. The molecule has 1 aliphatic heterocycles. The summed E-state index contributed by atoms with van der Waals surface area (Å²) in [5, 5.41) is 0. The number of hydrogen-bond donors (Lipinski definition) is 2. The summed E-state index contributed by atoms with van der Waals surface area (Å²) in [7, 11) is 0. The van der Waals surface area contributed by atoms with E-state index in [-0.39, 0.29) is 18.0 Å². The van der Waals surface area contributed by atoms with Crippen LogP contribution in [0.5, 0.6) is 0 Å². The number of amides is 1. The van der Waals surface area contributed by atoms with Crippen LogP contribution in [0.3, 0.4) is 0 Å². The second kappa shape index (κ2) is 4.88. The molecule has 1 aromatic rings. The quantitative estimate of drug-likeness (QED) is 0.748. The number of rotatable bonds is 1. The van der Waals surface area contributed by atoms with E-state index in [2.05, 4.69) is 13.8 Å².